The lowest BCUT2D eigenvalue weighted by molar-refractivity contribution is -0.145. The van der Waals surface area contributed by atoms with Gasteiger partial charge in [-0.3, -0.25) is 19.6 Å². The summed E-state index contributed by atoms with van der Waals surface area (Å²) in [6.07, 6.45) is 12.3. The molecule has 1 atom stereocenters. The number of amides is 2. The van der Waals surface area contributed by atoms with Crippen LogP contribution in [0.5, 0.6) is 0 Å². The number of carbonyl (C=O) groups is 2. The highest BCUT2D eigenvalue weighted by Crippen LogP contribution is 2.39. The Labute approximate surface area is 136 Å². The number of rotatable bonds is 4. The Morgan fingerprint density at radius 1 is 1.22 bits per heavy atom. The number of primary amides is 1. The number of nitrogens with zero attached hydrogens (tertiary/aromatic N) is 3. The zero-order valence-corrected chi connectivity index (χ0v) is 13.4. The van der Waals surface area contributed by atoms with Crippen LogP contribution in [0.25, 0.3) is 0 Å². The molecule has 3 rings (SSSR count). The summed E-state index contributed by atoms with van der Waals surface area (Å²) in [5.41, 5.74) is 5.09. The molecule has 1 saturated heterocycles. The van der Waals surface area contributed by atoms with Crippen LogP contribution in [0.3, 0.4) is 0 Å². The highest BCUT2D eigenvalue weighted by atomic mass is 16.2. The fraction of sp³-hybridized carbons (Fsp3) is 0.647. The first kappa shape index (κ1) is 15.9. The molecule has 2 heterocycles. The summed E-state index contributed by atoms with van der Waals surface area (Å²) < 4.78 is 0. The minimum absolute atomic E-state index is 0.0267. The van der Waals surface area contributed by atoms with E-state index in [4.69, 9.17) is 5.73 Å². The lowest BCUT2D eigenvalue weighted by Gasteiger charge is -2.36. The van der Waals surface area contributed by atoms with Crippen molar-refractivity contribution >= 4 is 11.8 Å². The van der Waals surface area contributed by atoms with Crippen molar-refractivity contribution in [2.75, 3.05) is 6.54 Å². The van der Waals surface area contributed by atoms with E-state index in [0.717, 1.165) is 19.3 Å². The standard InChI is InChI=1S/C17H24N4O2/c18-16(23)17(14-12-19-8-9-20-14)7-4-10-21(17)15(22)11-13-5-2-1-3-6-13/h8-9,12-13H,1-7,10-11H2,(H2,18,23)/t17-/m1/s1. The number of hydrogen-bond acceptors (Lipinski definition) is 4. The van der Waals surface area contributed by atoms with Crippen LogP contribution >= 0.6 is 0 Å². The predicted octanol–water partition coefficient (Wildman–Crippen LogP) is 1.75. The van der Waals surface area contributed by atoms with Crippen LogP contribution in [0.1, 0.15) is 57.1 Å². The SMILES string of the molecule is NC(=O)[C@]1(c2cnccn2)CCCN1C(=O)CC1CCCCC1. The van der Waals surface area contributed by atoms with Gasteiger partial charge in [0.2, 0.25) is 11.8 Å². The molecule has 2 N–H and O–H groups in total. The van der Waals surface area contributed by atoms with Crippen LogP contribution in [0.15, 0.2) is 18.6 Å². The van der Waals surface area contributed by atoms with Crippen LogP contribution in [0.4, 0.5) is 0 Å². The van der Waals surface area contributed by atoms with E-state index in [1.54, 1.807) is 23.5 Å². The second-order valence-corrected chi connectivity index (χ2v) is 6.67. The molecule has 2 fully saturated rings. The van der Waals surface area contributed by atoms with Gasteiger partial charge in [-0.05, 0) is 31.6 Å². The lowest BCUT2D eigenvalue weighted by Crippen LogP contribution is -2.54. The van der Waals surface area contributed by atoms with Gasteiger partial charge in [0.05, 0.1) is 11.9 Å². The second kappa shape index (κ2) is 6.64. The highest BCUT2D eigenvalue weighted by Gasteiger charge is 2.51. The van der Waals surface area contributed by atoms with E-state index in [-0.39, 0.29) is 5.91 Å². The fourth-order valence-corrected chi connectivity index (χ4v) is 4.07. The summed E-state index contributed by atoms with van der Waals surface area (Å²) in [6, 6.07) is 0. The molecule has 0 unspecified atom stereocenters. The van der Waals surface area contributed by atoms with Crippen LogP contribution in [-0.4, -0.2) is 33.2 Å². The van der Waals surface area contributed by atoms with Crippen molar-refractivity contribution in [3.05, 3.63) is 24.3 Å². The zero-order valence-electron chi connectivity index (χ0n) is 13.4. The van der Waals surface area contributed by atoms with E-state index in [2.05, 4.69) is 9.97 Å². The Morgan fingerprint density at radius 2 is 2.00 bits per heavy atom. The third-order valence-electron chi connectivity index (χ3n) is 5.26. The van der Waals surface area contributed by atoms with E-state index < -0.39 is 11.4 Å². The van der Waals surface area contributed by atoms with Gasteiger partial charge in [-0.1, -0.05) is 19.3 Å². The molecule has 0 radical (unpaired) electrons. The average Bonchev–Trinajstić information content (AvgIpc) is 3.03. The topological polar surface area (TPSA) is 89.2 Å². The van der Waals surface area contributed by atoms with E-state index in [9.17, 15) is 9.59 Å². The van der Waals surface area contributed by atoms with Crippen molar-refractivity contribution in [3.63, 3.8) is 0 Å². The van der Waals surface area contributed by atoms with Crippen molar-refractivity contribution in [2.45, 2.75) is 56.9 Å². The van der Waals surface area contributed by atoms with Gasteiger partial charge in [0.1, 0.15) is 0 Å². The third-order valence-corrected chi connectivity index (χ3v) is 5.26. The molecule has 124 valence electrons. The summed E-state index contributed by atoms with van der Waals surface area (Å²) in [5, 5.41) is 0. The molecule has 1 aliphatic heterocycles. The van der Waals surface area contributed by atoms with E-state index in [1.807, 2.05) is 0 Å². The van der Waals surface area contributed by atoms with E-state index in [0.29, 0.717) is 31.0 Å². The Kier molecular flexibility index (Phi) is 4.59. The monoisotopic (exact) mass is 316 g/mol. The Morgan fingerprint density at radius 3 is 2.65 bits per heavy atom. The van der Waals surface area contributed by atoms with Gasteiger partial charge in [-0.15, -0.1) is 0 Å². The molecule has 0 aromatic carbocycles. The van der Waals surface area contributed by atoms with Crippen LogP contribution in [0.2, 0.25) is 0 Å². The van der Waals surface area contributed by atoms with Gasteiger partial charge in [-0.25, -0.2) is 0 Å². The predicted molar refractivity (Wildman–Crippen MR) is 85.0 cm³/mol. The van der Waals surface area contributed by atoms with Gasteiger partial charge < -0.3 is 10.6 Å². The normalized spacial score (nSPS) is 25.5. The number of nitrogens with two attached hydrogens (primary N) is 1. The van der Waals surface area contributed by atoms with Gasteiger partial charge in [-0.2, -0.15) is 0 Å². The van der Waals surface area contributed by atoms with Crippen molar-refractivity contribution in [1.82, 2.24) is 14.9 Å². The molecule has 2 amide bonds. The van der Waals surface area contributed by atoms with Crippen LogP contribution in [-0.2, 0) is 15.1 Å². The molecule has 1 aliphatic carbocycles. The highest BCUT2D eigenvalue weighted by molar-refractivity contribution is 5.91. The molecule has 6 heteroatoms. The molecule has 1 aromatic heterocycles. The molecule has 2 aliphatic rings. The van der Waals surface area contributed by atoms with Gasteiger partial charge in [0, 0.05) is 25.4 Å². The first-order valence-electron chi connectivity index (χ1n) is 8.51. The van der Waals surface area contributed by atoms with Gasteiger partial charge >= 0.3 is 0 Å². The largest absolute Gasteiger partial charge is 0.367 e. The second-order valence-electron chi connectivity index (χ2n) is 6.67. The fourth-order valence-electron chi connectivity index (χ4n) is 4.07. The lowest BCUT2D eigenvalue weighted by atomic mass is 9.85. The maximum absolute atomic E-state index is 12.9. The molecule has 23 heavy (non-hydrogen) atoms. The number of carbonyl (C=O) groups excluding carboxylic acids is 2. The van der Waals surface area contributed by atoms with E-state index in [1.165, 1.54) is 19.3 Å². The Bertz CT molecular complexity index is 571. The van der Waals surface area contributed by atoms with E-state index >= 15 is 0 Å². The minimum Gasteiger partial charge on any atom is -0.367 e. The summed E-state index contributed by atoms with van der Waals surface area (Å²) in [6.45, 7) is 0.561. The van der Waals surface area contributed by atoms with Crippen molar-refractivity contribution in [1.29, 1.82) is 0 Å². The first-order valence-corrected chi connectivity index (χ1v) is 8.51. The molecule has 0 spiro atoms. The molecule has 1 aromatic rings. The van der Waals surface area contributed by atoms with Crippen LogP contribution in [0, 0.1) is 5.92 Å². The van der Waals surface area contributed by atoms with Crippen molar-refractivity contribution in [3.8, 4) is 0 Å². The number of aromatic nitrogens is 2. The number of likely N-dealkylation sites (tertiary alicyclic amines) is 1. The maximum atomic E-state index is 12.9. The summed E-state index contributed by atoms with van der Waals surface area (Å²) in [5.74, 6) is -0.0457. The van der Waals surface area contributed by atoms with Crippen molar-refractivity contribution in [2.24, 2.45) is 11.7 Å². The quantitative estimate of drug-likeness (QED) is 0.916. The minimum atomic E-state index is -1.12. The first-order chi connectivity index (χ1) is 11.1. The maximum Gasteiger partial charge on any atom is 0.249 e. The molecular weight excluding hydrogens is 292 g/mol. The summed E-state index contributed by atoms with van der Waals surface area (Å²) in [4.78, 5) is 35.2. The third kappa shape index (κ3) is 2.94. The molecule has 1 saturated carbocycles. The van der Waals surface area contributed by atoms with Crippen molar-refractivity contribution < 1.29 is 9.59 Å². The number of hydrogen-bond donors (Lipinski definition) is 1. The molecule has 0 bridgehead atoms. The summed E-state index contributed by atoms with van der Waals surface area (Å²) >= 11 is 0. The Hall–Kier alpha value is -1.98. The summed E-state index contributed by atoms with van der Waals surface area (Å²) in [7, 11) is 0. The average molecular weight is 316 g/mol. The zero-order chi connectivity index (χ0) is 16.3. The molecule has 6 nitrogen and oxygen atoms in total. The van der Waals surface area contributed by atoms with Gasteiger partial charge in [0.15, 0.2) is 5.54 Å². The van der Waals surface area contributed by atoms with Gasteiger partial charge in [0.25, 0.3) is 0 Å². The molecular formula is C17H24N4O2. The smallest absolute Gasteiger partial charge is 0.249 e. The van der Waals surface area contributed by atoms with Crippen LogP contribution < -0.4 is 5.73 Å². The Balaban J connectivity index is 1.84.